The number of anilines is 1. The summed E-state index contributed by atoms with van der Waals surface area (Å²) in [5, 5.41) is 4.51. The van der Waals surface area contributed by atoms with Gasteiger partial charge in [-0.1, -0.05) is 32.6 Å². The maximum atomic E-state index is 3.65. The summed E-state index contributed by atoms with van der Waals surface area (Å²) in [6, 6.07) is 9.14. The van der Waals surface area contributed by atoms with Gasteiger partial charge >= 0.3 is 0 Å². The molecule has 0 saturated heterocycles. The summed E-state index contributed by atoms with van der Waals surface area (Å²) in [6.45, 7) is 3.56. The molecule has 0 aliphatic heterocycles. The fourth-order valence-electron chi connectivity index (χ4n) is 3.86. The monoisotopic (exact) mass is 303 g/mol. The Labute approximate surface area is 134 Å². The van der Waals surface area contributed by atoms with Gasteiger partial charge < -0.3 is 5.32 Å². The third-order valence-corrected chi connectivity index (χ3v) is 6.45. The summed E-state index contributed by atoms with van der Waals surface area (Å²) in [6.07, 6.45) is 11.3. The van der Waals surface area contributed by atoms with Crippen LogP contribution in [0.25, 0.3) is 0 Å². The molecule has 1 aromatic rings. The van der Waals surface area contributed by atoms with E-state index in [9.17, 15) is 0 Å². The molecule has 0 amide bonds. The highest BCUT2D eigenvalue weighted by atomic mass is 32.2. The van der Waals surface area contributed by atoms with Crippen LogP contribution in [0.15, 0.2) is 29.2 Å². The van der Waals surface area contributed by atoms with Crippen LogP contribution >= 0.6 is 11.8 Å². The van der Waals surface area contributed by atoms with Gasteiger partial charge in [0.25, 0.3) is 0 Å². The van der Waals surface area contributed by atoms with E-state index in [0.717, 1.165) is 23.6 Å². The summed E-state index contributed by atoms with van der Waals surface area (Å²) in [5.41, 5.74) is 1.30. The fourth-order valence-corrected chi connectivity index (χ4v) is 5.10. The Morgan fingerprint density at radius 3 is 2.48 bits per heavy atom. The van der Waals surface area contributed by atoms with Gasteiger partial charge in [0.15, 0.2) is 0 Å². The van der Waals surface area contributed by atoms with Crippen molar-refractivity contribution in [3.8, 4) is 0 Å². The molecule has 116 valence electrons. The molecule has 1 nitrogen and oxygen atoms in total. The molecule has 2 fully saturated rings. The molecule has 0 bridgehead atoms. The molecule has 3 rings (SSSR count). The molecule has 2 heteroatoms. The highest BCUT2D eigenvalue weighted by Gasteiger charge is 2.18. The first-order valence-electron chi connectivity index (χ1n) is 8.80. The van der Waals surface area contributed by atoms with Crippen LogP contribution in [0.3, 0.4) is 0 Å². The lowest BCUT2D eigenvalue weighted by Gasteiger charge is -2.27. The van der Waals surface area contributed by atoms with Gasteiger partial charge in [-0.25, -0.2) is 0 Å². The van der Waals surface area contributed by atoms with Gasteiger partial charge in [0.1, 0.15) is 0 Å². The zero-order valence-electron chi connectivity index (χ0n) is 13.3. The number of nitrogens with one attached hydrogen (secondary N) is 1. The molecule has 0 radical (unpaired) electrons. The van der Waals surface area contributed by atoms with Gasteiger partial charge in [0.2, 0.25) is 0 Å². The maximum Gasteiger partial charge on any atom is 0.0341 e. The molecule has 0 aromatic heterocycles. The molecular weight excluding hydrogens is 274 g/mol. The highest BCUT2D eigenvalue weighted by molar-refractivity contribution is 8.00. The minimum absolute atomic E-state index is 0.868. The zero-order valence-corrected chi connectivity index (χ0v) is 14.1. The summed E-state index contributed by atoms with van der Waals surface area (Å²) < 4.78 is 0. The molecule has 2 unspecified atom stereocenters. The van der Waals surface area contributed by atoms with Gasteiger partial charge in [-0.2, -0.15) is 0 Å². The fraction of sp³-hybridized carbons (Fsp3) is 0.684. The van der Waals surface area contributed by atoms with Crippen molar-refractivity contribution < 1.29 is 0 Å². The molecule has 2 aliphatic rings. The Morgan fingerprint density at radius 1 is 1.00 bits per heavy atom. The van der Waals surface area contributed by atoms with Gasteiger partial charge in [-0.3, -0.25) is 0 Å². The molecule has 2 saturated carbocycles. The Kier molecular flexibility index (Phi) is 5.51. The van der Waals surface area contributed by atoms with Gasteiger partial charge in [-0.05, 0) is 61.8 Å². The number of rotatable bonds is 5. The third kappa shape index (κ3) is 4.67. The Morgan fingerprint density at radius 2 is 1.76 bits per heavy atom. The molecule has 2 aliphatic carbocycles. The van der Waals surface area contributed by atoms with E-state index >= 15 is 0 Å². The van der Waals surface area contributed by atoms with E-state index < -0.39 is 0 Å². The minimum atomic E-state index is 0.868. The van der Waals surface area contributed by atoms with Crippen LogP contribution in [0, 0.1) is 11.8 Å². The summed E-state index contributed by atoms with van der Waals surface area (Å²) in [7, 11) is 0. The molecular formula is C19H29NS. The Bertz CT molecular complexity index is 422. The first-order chi connectivity index (χ1) is 10.3. The van der Waals surface area contributed by atoms with Crippen LogP contribution in [-0.4, -0.2) is 11.8 Å². The van der Waals surface area contributed by atoms with Crippen molar-refractivity contribution in [1.82, 2.24) is 0 Å². The van der Waals surface area contributed by atoms with Crippen LogP contribution < -0.4 is 5.32 Å². The Hall–Kier alpha value is -0.630. The van der Waals surface area contributed by atoms with Crippen molar-refractivity contribution in [3.05, 3.63) is 24.3 Å². The number of hydrogen-bond donors (Lipinski definition) is 1. The highest BCUT2D eigenvalue weighted by Crippen LogP contribution is 2.35. The quantitative estimate of drug-likeness (QED) is 0.720. The summed E-state index contributed by atoms with van der Waals surface area (Å²) >= 11 is 2.08. The van der Waals surface area contributed by atoms with E-state index in [1.807, 2.05) is 0 Å². The number of hydrogen-bond acceptors (Lipinski definition) is 2. The zero-order chi connectivity index (χ0) is 14.5. The van der Waals surface area contributed by atoms with Crippen molar-refractivity contribution in [2.75, 3.05) is 11.9 Å². The van der Waals surface area contributed by atoms with Crippen LogP contribution in [0.2, 0.25) is 0 Å². The smallest absolute Gasteiger partial charge is 0.0341 e. The average Bonchev–Trinajstić information content (AvgIpc) is 3.00. The van der Waals surface area contributed by atoms with E-state index in [1.54, 1.807) is 0 Å². The van der Waals surface area contributed by atoms with Crippen molar-refractivity contribution in [2.24, 2.45) is 11.8 Å². The second-order valence-corrected chi connectivity index (χ2v) is 8.44. The van der Waals surface area contributed by atoms with Gasteiger partial charge in [-0.15, -0.1) is 11.8 Å². The lowest BCUT2D eigenvalue weighted by atomic mass is 9.82. The molecule has 1 aromatic carbocycles. The lowest BCUT2D eigenvalue weighted by Crippen LogP contribution is -2.20. The predicted octanol–water partition coefficient (Wildman–Crippen LogP) is 5.96. The Balaban J connectivity index is 1.45. The van der Waals surface area contributed by atoms with E-state index in [2.05, 4.69) is 48.3 Å². The molecule has 2 atom stereocenters. The summed E-state index contributed by atoms with van der Waals surface area (Å²) in [5.74, 6) is 1.80. The first kappa shape index (κ1) is 15.3. The average molecular weight is 304 g/mol. The van der Waals surface area contributed by atoms with Crippen molar-refractivity contribution in [1.29, 1.82) is 0 Å². The lowest BCUT2D eigenvalue weighted by molar-refractivity contribution is 0.293. The summed E-state index contributed by atoms with van der Waals surface area (Å²) in [4.78, 5) is 1.44. The molecule has 21 heavy (non-hydrogen) atoms. The normalized spacial score (nSPS) is 26.9. The molecule has 0 spiro atoms. The maximum absolute atomic E-state index is 3.65. The van der Waals surface area contributed by atoms with Crippen molar-refractivity contribution in [3.63, 3.8) is 0 Å². The first-order valence-corrected chi connectivity index (χ1v) is 9.68. The second-order valence-electron chi connectivity index (χ2n) is 7.07. The van der Waals surface area contributed by atoms with Gasteiger partial charge in [0.05, 0.1) is 0 Å². The van der Waals surface area contributed by atoms with E-state index in [1.165, 1.54) is 61.9 Å². The van der Waals surface area contributed by atoms with Gasteiger partial charge in [0, 0.05) is 22.4 Å². The largest absolute Gasteiger partial charge is 0.385 e. The minimum Gasteiger partial charge on any atom is -0.385 e. The number of thioether (sulfide) groups is 1. The van der Waals surface area contributed by atoms with Crippen molar-refractivity contribution >= 4 is 17.4 Å². The van der Waals surface area contributed by atoms with Crippen LogP contribution in [0.5, 0.6) is 0 Å². The second kappa shape index (κ2) is 7.58. The van der Waals surface area contributed by atoms with Crippen molar-refractivity contribution in [2.45, 2.75) is 68.4 Å². The van der Waals surface area contributed by atoms with Crippen LogP contribution in [0.4, 0.5) is 5.69 Å². The molecule has 1 N–H and O–H groups in total. The number of benzene rings is 1. The van der Waals surface area contributed by atoms with E-state index in [-0.39, 0.29) is 0 Å². The SMILES string of the molecule is CC1CCCC(CNc2ccc(SC3CCCC3)cc2)C1. The molecule has 0 heterocycles. The third-order valence-electron chi connectivity index (χ3n) is 5.10. The van der Waals surface area contributed by atoms with E-state index in [0.29, 0.717) is 0 Å². The predicted molar refractivity (Wildman–Crippen MR) is 94.2 cm³/mol. The van der Waals surface area contributed by atoms with Crippen LogP contribution in [0.1, 0.15) is 58.3 Å². The van der Waals surface area contributed by atoms with Crippen LogP contribution in [-0.2, 0) is 0 Å². The topological polar surface area (TPSA) is 12.0 Å². The van der Waals surface area contributed by atoms with E-state index in [4.69, 9.17) is 0 Å². The standard InChI is InChI=1S/C19H29NS/c1-15-5-4-6-16(13-15)14-20-17-9-11-19(12-10-17)21-18-7-2-3-8-18/h9-12,15-16,18,20H,2-8,13-14H2,1H3.